The van der Waals surface area contributed by atoms with Gasteiger partial charge in [-0.05, 0) is 51.6 Å². The number of rotatable bonds is 9. The molecule has 0 saturated carbocycles. The van der Waals surface area contributed by atoms with Crippen molar-refractivity contribution in [3.05, 3.63) is 35.9 Å². The third-order valence-corrected chi connectivity index (χ3v) is 5.64. The molecule has 0 spiro atoms. The Kier molecular flexibility index (Phi) is 7.64. The first kappa shape index (κ1) is 21.7. The van der Waals surface area contributed by atoms with Crippen LogP contribution in [0.1, 0.15) is 45.1 Å². The molecule has 160 valence electrons. The molecule has 2 aliphatic heterocycles. The fraction of sp³-hybridized carbons (Fsp3) is 0.636. The summed E-state index contributed by atoms with van der Waals surface area (Å²) in [5.41, 5.74) is -0.365. The molecule has 0 unspecified atom stereocenters. The van der Waals surface area contributed by atoms with E-state index in [1.54, 1.807) is 4.90 Å². The van der Waals surface area contributed by atoms with Crippen LogP contribution in [-0.2, 0) is 30.4 Å². The Bertz CT molecular complexity index is 671. The van der Waals surface area contributed by atoms with Crippen LogP contribution in [0.3, 0.4) is 0 Å². The minimum Gasteiger partial charge on any atom is -0.459 e. The van der Waals surface area contributed by atoms with Crippen LogP contribution in [0.15, 0.2) is 30.3 Å². The molecular formula is C22H32N2O5. The minimum absolute atomic E-state index is 0.0685. The minimum atomic E-state index is -1.26. The number of likely N-dealkylation sites (tertiary alicyclic amines) is 1. The van der Waals surface area contributed by atoms with Gasteiger partial charge in [0.05, 0.1) is 6.04 Å². The fourth-order valence-electron chi connectivity index (χ4n) is 4.26. The van der Waals surface area contributed by atoms with E-state index in [-0.39, 0.29) is 18.6 Å². The molecule has 7 heteroatoms. The van der Waals surface area contributed by atoms with Crippen molar-refractivity contribution >= 4 is 11.9 Å². The van der Waals surface area contributed by atoms with Gasteiger partial charge in [0.1, 0.15) is 6.61 Å². The van der Waals surface area contributed by atoms with Crippen molar-refractivity contribution in [2.75, 3.05) is 26.3 Å². The van der Waals surface area contributed by atoms with Gasteiger partial charge in [0, 0.05) is 19.8 Å². The molecule has 2 heterocycles. The Hall–Kier alpha value is -1.96. The van der Waals surface area contributed by atoms with Crippen molar-refractivity contribution in [3.8, 4) is 0 Å². The van der Waals surface area contributed by atoms with Crippen LogP contribution < -0.4 is 5.32 Å². The van der Waals surface area contributed by atoms with Crippen LogP contribution in [0.2, 0.25) is 0 Å². The van der Waals surface area contributed by atoms with E-state index in [1.165, 1.54) is 0 Å². The number of carbonyl (C=O) groups excluding carboxylic acids is 2. The van der Waals surface area contributed by atoms with Gasteiger partial charge in [-0.15, -0.1) is 0 Å². The fourth-order valence-corrected chi connectivity index (χ4v) is 4.26. The van der Waals surface area contributed by atoms with Gasteiger partial charge in [-0.25, -0.2) is 4.79 Å². The Morgan fingerprint density at radius 2 is 1.90 bits per heavy atom. The highest BCUT2D eigenvalue weighted by Crippen LogP contribution is 2.37. The molecule has 3 rings (SSSR count). The smallest absolute Gasteiger partial charge is 0.337 e. The second kappa shape index (κ2) is 10.2. The lowest BCUT2D eigenvalue weighted by molar-refractivity contribution is -0.220. The number of nitrogens with one attached hydrogen (secondary N) is 1. The first-order valence-electron chi connectivity index (χ1n) is 10.6. The summed E-state index contributed by atoms with van der Waals surface area (Å²) in [5, 5.41) is 3.25. The second-order valence-corrected chi connectivity index (χ2v) is 7.47. The third-order valence-electron chi connectivity index (χ3n) is 5.64. The van der Waals surface area contributed by atoms with Gasteiger partial charge in [0.2, 0.25) is 5.91 Å². The van der Waals surface area contributed by atoms with Crippen LogP contribution in [0.25, 0.3) is 0 Å². The standard InChI is InChI=1S/C22H32N2O5/c1-3-27-21(28-4-2)22(20(26)29-16-17-10-6-5-7-11-17)13-9-15-24(22)19(25)18-12-8-14-23-18/h5-7,10-11,18,21,23H,3-4,8-9,12-16H2,1-2H3/t18-,22+/m0/s1. The molecule has 0 aromatic heterocycles. The molecule has 1 N–H and O–H groups in total. The molecule has 1 amide bonds. The maximum atomic E-state index is 13.5. The van der Waals surface area contributed by atoms with Gasteiger partial charge in [-0.1, -0.05) is 30.3 Å². The first-order chi connectivity index (χ1) is 14.1. The molecular weight excluding hydrogens is 372 g/mol. The number of benzene rings is 1. The first-order valence-corrected chi connectivity index (χ1v) is 10.6. The Labute approximate surface area is 172 Å². The lowest BCUT2D eigenvalue weighted by Gasteiger charge is -2.42. The van der Waals surface area contributed by atoms with Crippen molar-refractivity contribution < 1.29 is 23.8 Å². The molecule has 2 fully saturated rings. The van der Waals surface area contributed by atoms with Crippen LogP contribution >= 0.6 is 0 Å². The van der Waals surface area contributed by atoms with Gasteiger partial charge < -0.3 is 24.4 Å². The van der Waals surface area contributed by atoms with E-state index in [1.807, 2.05) is 44.2 Å². The van der Waals surface area contributed by atoms with Crippen LogP contribution in [-0.4, -0.2) is 61.0 Å². The Morgan fingerprint density at radius 1 is 1.17 bits per heavy atom. The summed E-state index contributed by atoms with van der Waals surface area (Å²) in [6, 6.07) is 9.26. The molecule has 1 aromatic carbocycles. The summed E-state index contributed by atoms with van der Waals surface area (Å²) in [5.74, 6) is -0.529. The number of hydrogen-bond acceptors (Lipinski definition) is 6. The number of ether oxygens (including phenoxy) is 3. The largest absolute Gasteiger partial charge is 0.459 e. The van der Waals surface area contributed by atoms with Gasteiger partial charge in [0.15, 0.2) is 11.8 Å². The van der Waals surface area contributed by atoms with Crippen molar-refractivity contribution in [2.24, 2.45) is 0 Å². The summed E-state index contributed by atoms with van der Waals surface area (Å²) in [4.78, 5) is 28.4. The molecule has 0 bridgehead atoms. The topological polar surface area (TPSA) is 77.1 Å². The van der Waals surface area contributed by atoms with Gasteiger partial charge in [-0.3, -0.25) is 4.79 Å². The lowest BCUT2D eigenvalue weighted by atomic mass is 9.94. The summed E-state index contributed by atoms with van der Waals surface area (Å²) in [6.07, 6.45) is 2.04. The van der Waals surface area contributed by atoms with Crippen molar-refractivity contribution in [1.29, 1.82) is 0 Å². The third kappa shape index (κ3) is 4.63. The maximum Gasteiger partial charge on any atom is 0.337 e. The van der Waals surface area contributed by atoms with E-state index in [0.717, 1.165) is 24.9 Å². The second-order valence-electron chi connectivity index (χ2n) is 7.47. The summed E-state index contributed by atoms with van der Waals surface area (Å²) in [7, 11) is 0. The number of amides is 1. The highest BCUT2D eigenvalue weighted by molar-refractivity contribution is 5.91. The molecule has 2 saturated heterocycles. The molecule has 7 nitrogen and oxygen atoms in total. The zero-order valence-electron chi connectivity index (χ0n) is 17.4. The SMILES string of the molecule is CCOC(OCC)[C@]1(C(=O)OCc2ccccc2)CCCN1C(=O)[C@@H]1CCCN1. The number of esters is 1. The van der Waals surface area contributed by atoms with Gasteiger partial charge >= 0.3 is 5.97 Å². The number of nitrogens with zero attached hydrogens (tertiary/aromatic N) is 1. The average Bonchev–Trinajstić information content (AvgIpc) is 3.43. The average molecular weight is 405 g/mol. The summed E-state index contributed by atoms with van der Waals surface area (Å²) < 4.78 is 17.4. The van der Waals surface area contributed by atoms with Gasteiger partial charge in [0.25, 0.3) is 0 Å². The van der Waals surface area contributed by atoms with E-state index < -0.39 is 17.8 Å². The zero-order valence-corrected chi connectivity index (χ0v) is 17.4. The molecule has 2 atom stereocenters. The number of carbonyl (C=O) groups is 2. The normalized spacial score (nSPS) is 24.2. The van der Waals surface area contributed by atoms with E-state index in [4.69, 9.17) is 14.2 Å². The number of hydrogen-bond donors (Lipinski definition) is 1. The van der Waals surface area contributed by atoms with Crippen LogP contribution in [0.4, 0.5) is 0 Å². The summed E-state index contributed by atoms with van der Waals surface area (Å²) >= 11 is 0. The van der Waals surface area contributed by atoms with E-state index >= 15 is 0 Å². The zero-order chi connectivity index (χ0) is 20.7. The lowest BCUT2D eigenvalue weighted by Crippen LogP contribution is -2.64. The maximum absolute atomic E-state index is 13.5. The van der Waals surface area contributed by atoms with Crippen molar-refractivity contribution in [1.82, 2.24) is 10.2 Å². The highest BCUT2D eigenvalue weighted by Gasteiger charge is 2.58. The van der Waals surface area contributed by atoms with Crippen molar-refractivity contribution in [3.63, 3.8) is 0 Å². The van der Waals surface area contributed by atoms with E-state index in [9.17, 15) is 9.59 Å². The van der Waals surface area contributed by atoms with E-state index in [2.05, 4.69) is 5.32 Å². The van der Waals surface area contributed by atoms with Crippen LogP contribution in [0.5, 0.6) is 0 Å². The molecule has 2 aliphatic rings. The molecule has 29 heavy (non-hydrogen) atoms. The van der Waals surface area contributed by atoms with Crippen LogP contribution in [0, 0.1) is 0 Å². The Morgan fingerprint density at radius 3 is 2.52 bits per heavy atom. The van der Waals surface area contributed by atoms with Gasteiger partial charge in [-0.2, -0.15) is 0 Å². The van der Waals surface area contributed by atoms with Crippen molar-refractivity contribution in [2.45, 2.75) is 64.0 Å². The molecule has 0 radical (unpaired) electrons. The predicted octanol–water partition coefficient (Wildman–Crippen LogP) is 2.24. The quantitative estimate of drug-likeness (QED) is 0.502. The highest BCUT2D eigenvalue weighted by atomic mass is 16.7. The molecule has 1 aromatic rings. The molecule has 0 aliphatic carbocycles. The monoisotopic (exact) mass is 404 g/mol. The van der Waals surface area contributed by atoms with E-state index in [0.29, 0.717) is 32.6 Å². The Balaban J connectivity index is 1.87. The summed E-state index contributed by atoms with van der Waals surface area (Å²) in [6.45, 7) is 5.92. The predicted molar refractivity (Wildman–Crippen MR) is 108 cm³/mol.